The molecule has 14 nitrogen and oxygen atoms in total. The van der Waals surface area contributed by atoms with Crippen molar-refractivity contribution in [2.45, 2.75) is 13.1 Å². The fourth-order valence-electron chi connectivity index (χ4n) is 5.20. The highest BCUT2D eigenvalue weighted by molar-refractivity contribution is 6.08. The van der Waals surface area contributed by atoms with Crippen molar-refractivity contribution >= 4 is 34.8 Å². The Bertz CT molecular complexity index is 1830. The Morgan fingerprint density at radius 3 is 1.87 bits per heavy atom. The number of hydrogen-bond donors (Lipinski definition) is 6. The molecule has 2 aromatic rings. The standard InChI is InChI=1S/C31H28N2O12/c1-16(34)10-32(13-25(37)38)11-21-23(35)8-6-19-28(17-4-2-3-5-18(17)31(43)44)20-7-9-24(36)22(30(20)45-29(19)21)12-33(14-26(39)40)15-27(41)42/h2-9,34,36H,1,10-15H2,(H,37,38)(H,39,40)(H,41,42)(H,43,44). The van der Waals surface area contributed by atoms with Crippen molar-refractivity contribution in [2.24, 2.45) is 0 Å². The van der Waals surface area contributed by atoms with E-state index in [1.54, 1.807) is 6.07 Å². The summed E-state index contributed by atoms with van der Waals surface area (Å²) in [4.78, 5) is 62.4. The Balaban J connectivity index is 2.11. The number of benzene rings is 3. The first-order chi connectivity index (χ1) is 21.3. The average Bonchev–Trinajstić information content (AvgIpc) is 2.93. The number of aliphatic hydroxyl groups excluding tert-OH is 1. The summed E-state index contributed by atoms with van der Waals surface area (Å²) in [5.74, 6) is -6.06. The van der Waals surface area contributed by atoms with Crippen LogP contribution in [-0.4, -0.2) is 90.5 Å². The van der Waals surface area contributed by atoms with Gasteiger partial charge in [0.25, 0.3) is 0 Å². The topological polar surface area (TPSA) is 226 Å². The zero-order valence-electron chi connectivity index (χ0n) is 23.6. The summed E-state index contributed by atoms with van der Waals surface area (Å²) in [5, 5.41) is 59.1. The second-order valence-electron chi connectivity index (χ2n) is 10.2. The zero-order valence-corrected chi connectivity index (χ0v) is 23.6. The van der Waals surface area contributed by atoms with Crippen LogP contribution in [0.4, 0.5) is 0 Å². The van der Waals surface area contributed by atoms with E-state index in [4.69, 9.17) is 4.42 Å². The van der Waals surface area contributed by atoms with Gasteiger partial charge in [-0.25, -0.2) is 4.79 Å². The molecule has 6 N–H and O–H groups in total. The fraction of sp³-hybridized carbons (Fsp3) is 0.194. The van der Waals surface area contributed by atoms with Crippen LogP contribution < -0.4 is 5.43 Å². The van der Waals surface area contributed by atoms with E-state index in [0.29, 0.717) is 0 Å². The number of aliphatic carboxylic acids is 3. The molecular formula is C31H28N2O12. The fourth-order valence-corrected chi connectivity index (χ4v) is 5.20. The summed E-state index contributed by atoms with van der Waals surface area (Å²) in [6, 6.07) is 11.4. The second kappa shape index (κ2) is 13.3. The molecule has 234 valence electrons. The zero-order chi connectivity index (χ0) is 33.0. The molecule has 0 fully saturated rings. The van der Waals surface area contributed by atoms with Crippen LogP contribution in [0, 0.1) is 0 Å². The van der Waals surface area contributed by atoms with Gasteiger partial charge in [0.05, 0.1) is 48.6 Å². The highest BCUT2D eigenvalue weighted by atomic mass is 16.4. The van der Waals surface area contributed by atoms with E-state index in [1.807, 2.05) is 0 Å². The van der Waals surface area contributed by atoms with Gasteiger partial charge in [0, 0.05) is 29.6 Å². The summed E-state index contributed by atoms with van der Waals surface area (Å²) in [7, 11) is 0. The molecule has 1 heterocycles. The Hall–Kier alpha value is -5.73. The lowest BCUT2D eigenvalue weighted by atomic mass is 9.88. The monoisotopic (exact) mass is 620 g/mol. The summed E-state index contributed by atoms with van der Waals surface area (Å²) in [5.41, 5.74) is -0.164. The summed E-state index contributed by atoms with van der Waals surface area (Å²) < 4.78 is 6.27. The smallest absolute Gasteiger partial charge is 0.336 e. The van der Waals surface area contributed by atoms with E-state index in [0.717, 1.165) is 4.90 Å². The number of carbonyl (C=O) groups is 4. The van der Waals surface area contributed by atoms with E-state index in [-0.39, 0.29) is 69.0 Å². The van der Waals surface area contributed by atoms with Crippen LogP contribution >= 0.6 is 0 Å². The number of aliphatic hydroxyl groups is 1. The van der Waals surface area contributed by atoms with Gasteiger partial charge in [0.2, 0.25) is 0 Å². The Kier molecular flexibility index (Phi) is 9.50. The summed E-state index contributed by atoms with van der Waals surface area (Å²) in [6.07, 6.45) is 0. The number of fused-ring (bicyclic) bond motifs is 2. The van der Waals surface area contributed by atoms with E-state index in [2.05, 4.69) is 6.58 Å². The Morgan fingerprint density at radius 2 is 1.29 bits per heavy atom. The number of nitrogens with zero attached hydrogens (tertiary/aromatic N) is 2. The molecule has 1 aliphatic heterocycles. The Labute approximate surface area is 254 Å². The molecule has 14 heteroatoms. The maximum atomic E-state index is 13.3. The second-order valence-corrected chi connectivity index (χ2v) is 10.2. The normalized spacial score (nSPS) is 11.3. The van der Waals surface area contributed by atoms with Crippen molar-refractivity contribution < 1.29 is 54.2 Å². The van der Waals surface area contributed by atoms with Gasteiger partial charge in [-0.3, -0.25) is 29.0 Å². The van der Waals surface area contributed by atoms with E-state index < -0.39 is 61.2 Å². The minimum Gasteiger partial charge on any atom is -0.512 e. The molecule has 0 saturated carbocycles. The van der Waals surface area contributed by atoms with Crippen LogP contribution in [0.15, 0.2) is 70.1 Å². The lowest BCUT2D eigenvalue weighted by Gasteiger charge is -2.24. The average molecular weight is 621 g/mol. The van der Waals surface area contributed by atoms with Crippen LogP contribution in [0.1, 0.15) is 21.5 Å². The first kappa shape index (κ1) is 32.2. The van der Waals surface area contributed by atoms with Gasteiger partial charge in [0.15, 0.2) is 5.43 Å². The highest BCUT2D eigenvalue weighted by Gasteiger charge is 2.28. The predicted molar refractivity (Wildman–Crippen MR) is 158 cm³/mol. The quantitative estimate of drug-likeness (QED) is 0.0880. The maximum Gasteiger partial charge on any atom is 0.336 e. The van der Waals surface area contributed by atoms with Crippen molar-refractivity contribution in [3.63, 3.8) is 0 Å². The third-order valence-corrected chi connectivity index (χ3v) is 6.87. The van der Waals surface area contributed by atoms with Gasteiger partial charge in [0.1, 0.15) is 17.1 Å². The van der Waals surface area contributed by atoms with E-state index in [1.165, 1.54) is 47.4 Å². The molecular weight excluding hydrogens is 592 g/mol. The van der Waals surface area contributed by atoms with Crippen LogP contribution in [0.3, 0.4) is 0 Å². The van der Waals surface area contributed by atoms with Crippen LogP contribution in [-0.2, 0) is 27.5 Å². The molecule has 2 aromatic carbocycles. The number of carboxylic acids is 4. The molecule has 45 heavy (non-hydrogen) atoms. The van der Waals surface area contributed by atoms with Crippen molar-refractivity contribution in [3.05, 3.63) is 87.8 Å². The van der Waals surface area contributed by atoms with Crippen molar-refractivity contribution in [3.8, 4) is 28.2 Å². The number of aromatic carboxylic acids is 1. The maximum absolute atomic E-state index is 13.3. The number of aromatic hydroxyl groups is 1. The van der Waals surface area contributed by atoms with Crippen LogP contribution in [0.25, 0.3) is 33.4 Å². The van der Waals surface area contributed by atoms with E-state index >= 15 is 0 Å². The van der Waals surface area contributed by atoms with Gasteiger partial charge in [-0.1, -0.05) is 24.8 Å². The molecule has 2 aliphatic rings. The van der Waals surface area contributed by atoms with Crippen molar-refractivity contribution in [1.29, 1.82) is 0 Å². The SMILES string of the molecule is C=C(O)CN(CC(=O)O)Cc1c2oc3c(CN(CC(=O)O)CC(=O)O)c(O)ccc3c(-c3ccccc3C(=O)O)c-2ccc1=O. The van der Waals surface area contributed by atoms with Gasteiger partial charge < -0.3 is 35.1 Å². The molecule has 0 radical (unpaired) electrons. The third-order valence-electron chi connectivity index (χ3n) is 6.87. The van der Waals surface area contributed by atoms with Gasteiger partial charge >= 0.3 is 23.9 Å². The molecule has 4 rings (SSSR count). The summed E-state index contributed by atoms with van der Waals surface area (Å²) in [6.45, 7) is 0.274. The van der Waals surface area contributed by atoms with Gasteiger partial charge in [-0.15, -0.1) is 0 Å². The third kappa shape index (κ3) is 7.26. The summed E-state index contributed by atoms with van der Waals surface area (Å²) >= 11 is 0. The molecule has 0 atom stereocenters. The van der Waals surface area contributed by atoms with Gasteiger partial charge in [-0.2, -0.15) is 0 Å². The number of phenolic OH excluding ortho intramolecular Hbond substituents is 1. The molecule has 0 spiro atoms. The van der Waals surface area contributed by atoms with Crippen molar-refractivity contribution in [2.75, 3.05) is 26.2 Å². The lowest BCUT2D eigenvalue weighted by Crippen LogP contribution is -2.34. The first-order valence-corrected chi connectivity index (χ1v) is 13.3. The lowest BCUT2D eigenvalue weighted by molar-refractivity contribution is -0.142. The molecule has 0 saturated heterocycles. The molecule has 0 bridgehead atoms. The number of phenols is 1. The Morgan fingerprint density at radius 1 is 0.711 bits per heavy atom. The van der Waals surface area contributed by atoms with Crippen molar-refractivity contribution in [1.82, 2.24) is 9.80 Å². The predicted octanol–water partition coefficient (Wildman–Crippen LogP) is 2.90. The van der Waals surface area contributed by atoms with Crippen LogP contribution in [0.5, 0.6) is 5.75 Å². The number of rotatable bonds is 14. The van der Waals surface area contributed by atoms with E-state index in [9.17, 15) is 54.6 Å². The van der Waals surface area contributed by atoms with Crippen LogP contribution in [0.2, 0.25) is 0 Å². The minimum atomic E-state index is -1.34. The largest absolute Gasteiger partial charge is 0.512 e. The molecule has 0 aromatic heterocycles. The molecule has 0 amide bonds. The van der Waals surface area contributed by atoms with Gasteiger partial charge in [-0.05, 0) is 35.9 Å². The number of hydrogen-bond acceptors (Lipinski definition) is 10. The minimum absolute atomic E-state index is 0.0423. The number of carboxylic acid groups (broad SMARTS) is 4. The molecule has 0 unspecified atom stereocenters. The molecule has 1 aliphatic carbocycles. The first-order valence-electron chi connectivity index (χ1n) is 13.3. The highest BCUT2D eigenvalue weighted by Crippen LogP contribution is 2.45.